The van der Waals surface area contributed by atoms with E-state index in [-0.39, 0.29) is 12.4 Å². The summed E-state index contributed by atoms with van der Waals surface area (Å²) in [5.74, 6) is 0.703. The van der Waals surface area contributed by atoms with Crippen LogP contribution in [0.5, 0.6) is 5.75 Å². The highest BCUT2D eigenvalue weighted by Crippen LogP contribution is 2.18. The van der Waals surface area contributed by atoms with E-state index in [1.54, 1.807) is 31.2 Å². The van der Waals surface area contributed by atoms with Crippen LogP contribution in [0, 0.1) is 6.92 Å². The Morgan fingerprint density at radius 1 is 1.11 bits per heavy atom. The van der Waals surface area contributed by atoms with Gasteiger partial charge < -0.3 is 14.7 Å². The van der Waals surface area contributed by atoms with Crippen molar-refractivity contribution in [2.24, 2.45) is 0 Å². The van der Waals surface area contributed by atoms with Crippen molar-refractivity contribution in [1.29, 1.82) is 0 Å². The number of ether oxygens (including phenoxy) is 1. The molecule has 1 fully saturated rings. The molecule has 3 rings (SSSR count). The molecule has 0 aliphatic carbocycles. The van der Waals surface area contributed by atoms with Gasteiger partial charge in [0.1, 0.15) is 18.5 Å². The van der Waals surface area contributed by atoms with E-state index in [0.29, 0.717) is 17.9 Å². The second-order valence-corrected chi connectivity index (χ2v) is 7.17. The number of anilines is 1. The number of β-amino-alcohol motifs (C(OH)–C–C–N with tert-alkyl or cyclic N) is 1. The van der Waals surface area contributed by atoms with Crippen molar-refractivity contribution < 1.29 is 14.6 Å². The Kier molecular flexibility index (Phi) is 6.48. The summed E-state index contributed by atoms with van der Waals surface area (Å²) in [5.41, 5.74) is 3.21. The topological polar surface area (TPSA) is 53.0 Å². The minimum absolute atomic E-state index is 0.0337. The van der Waals surface area contributed by atoms with Gasteiger partial charge in [-0.25, -0.2) is 0 Å². The number of aliphatic hydroxyl groups excluding tert-OH is 1. The normalized spacial score (nSPS) is 16.2. The molecule has 1 atom stereocenters. The zero-order valence-electron chi connectivity index (χ0n) is 16.1. The summed E-state index contributed by atoms with van der Waals surface area (Å²) in [4.78, 5) is 16.0. The van der Waals surface area contributed by atoms with E-state index >= 15 is 0 Å². The van der Waals surface area contributed by atoms with Gasteiger partial charge in [0.25, 0.3) is 0 Å². The summed E-state index contributed by atoms with van der Waals surface area (Å²) in [7, 11) is 0. The summed E-state index contributed by atoms with van der Waals surface area (Å²) in [6.07, 6.45) is -0.539. The van der Waals surface area contributed by atoms with Crippen LogP contribution in [-0.2, 0) is 0 Å². The van der Waals surface area contributed by atoms with E-state index in [4.69, 9.17) is 4.74 Å². The Balaban J connectivity index is 1.41. The number of carbonyl (C=O) groups is 1. The molecule has 0 unspecified atom stereocenters. The molecule has 2 aromatic carbocycles. The van der Waals surface area contributed by atoms with Crippen LogP contribution in [-0.4, -0.2) is 61.2 Å². The zero-order valence-corrected chi connectivity index (χ0v) is 16.1. The van der Waals surface area contributed by atoms with Crippen LogP contribution >= 0.6 is 0 Å². The van der Waals surface area contributed by atoms with Crippen LogP contribution in [0.15, 0.2) is 48.5 Å². The average molecular weight is 368 g/mol. The molecule has 5 nitrogen and oxygen atoms in total. The first-order valence-electron chi connectivity index (χ1n) is 9.47. The SMILES string of the molecule is CC(=O)c1ccc(OC[C@@H](O)CN2CCN(c3cccc(C)c3)CC2)cc1. The molecule has 27 heavy (non-hydrogen) atoms. The molecule has 0 saturated carbocycles. The number of Topliss-reactive ketones (excluding diaryl/α,β-unsaturated/α-hetero) is 1. The highest BCUT2D eigenvalue weighted by Gasteiger charge is 2.19. The highest BCUT2D eigenvalue weighted by atomic mass is 16.5. The Morgan fingerprint density at radius 3 is 2.44 bits per heavy atom. The molecule has 1 aliphatic rings. The van der Waals surface area contributed by atoms with Crippen molar-refractivity contribution in [3.05, 3.63) is 59.7 Å². The van der Waals surface area contributed by atoms with Gasteiger partial charge in [-0.2, -0.15) is 0 Å². The Labute approximate surface area is 161 Å². The summed E-state index contributed by atoms with van der Waals surface area (Å²) < 4.78 is 5.65. The lowest BCUT2D eigenvalue weighted by Gasteiger charge is -2.37. The minimum atomic E-state index is -0.539. The van der Waals surface area contributed by atoms with Crippen LogP contribution in [0.4, 0.5) is 5.69 Å². The first-order chi connectivity index (χ1) is 13.0. The highest BCUT2D eigenvalue weighted by molar-refractivity contribution is 5.94. The second-order valence-electron chi connectivity index (χ2n) is 7.17. The van der Waals surface area contributed by atoms with E-state index in [2.05, 4.69) is 41.0 Å². The van der Waals surface area contributed by atoms with Crippen LogP contribution < -0.4 is 9.64 Å². The van der Waals surface area contributed by atoms with Gasteiger partial charge in [-0.05, 0) is 55.8 Å². The largest absolute Gasteiger partial charge is 0.491 e. The van der Waals surface area contributed by atoms with Gasteiger partial charge in [0.05, 0.1) is 0 Å². The predicted octanol–water partition coefficient (Wildman–Crippen LogP) is 2.76. The molecule has 0 aromatic heterocycles. The van der Waals surface area contributed by atoms with Crippen LogP contribution in [0.2, 0.25) is 0 Å². The number of nitrogens with zero attached hydrogens (tertiary/aromatic N) is 2. The van der Waals surface area contributed by atoms with Crippen molar-refractivity contribution in [3.8, 4) is 5.75 Å². The molecule has 0 spiro atoms. The number of hydrogen-bond donors (Lipinski definition) is 1. The fraction of sp³-hybridized carbons (Fsp3) is 0.409. The summed E-state index contributed by atoms with van der Waals surface area (Å²) in [5, 5.41) is 10.3. The van der Waals surface area contributed by atoms with Crippen molar-refractivity contribution in [2.45, 2.75) is 20.0 Å². The average Bonchev–Trinajstić information content (AvgIpc) is 2.67. The Morgan fingerprint density at radius 2 is 1.81 bits per heavy atom. The molecule has 144 valence electrons. The molecule has 5 heteroatoms. The van der Waals surface area contributed by atoms with E-state index in [1.807, 2.05) is 0 Å². The molecular formula is C22H28N2O3. The molecule has 1 heterocycles. The fourth-order valence-electron chi connectivity index (χ4n) is 3.34. The van der Waals surface area contributed by atoms with Gasteiger partial charge in [0, 0.05) is 44.0 Å². The monoisotopic (exact) mass is 368 g/mol. The molecular weight excluding hydrogens is 340 g/mol. The fourth-order valence-corrected chi connectivity index (χ4v) is 3.34. The Bertz CT molecular complexity index is 752. The number of ketones is 1. The Hall–Kier alpha value is -2.37. The smallest absolute Gasteiger partial charge is 0.159 e. The number of piperazine rings is 1. The quantitative estimate of drug-likeness (QED) is 0.762. The molecule has 0 radical (unpaired) electrons. The second kappa shape index (κ2) is 9.02. The number of rotatable bonds is 7. The lowest BCUT2D eigenvalue weighted by atomic mass is 10.1. The van der Waals surface area contributed by atoms with Gasteiger partial charge in [-0.1, -0.05) is 12.1 Å². The molecule has 1 aliphatic heterocycles. The third-order valence-corrected chi connectivity index (χ3v) is 4.91. The summed E-state index contributed by atoms with van der Waals surface area (Å²) in [6.45, 7) is 8.29. The molecule has 1 N–H and O–H groups in total. The maximum absolute atomic E-state index is 11.3. The number of carbonyl (C=O) groups excluding carboxylic acids is 1. The first kappa shape index (κ1) is 19.4. The van der Waals surface area contributed by atoms with Crippen LogP contribution in [0.25, 0.3) is 0 Å². The van der Waals surface area contributed by atoms with Crippen molar-refractivity contribution in [1.82, 2.24) is 4.90 Å². The predicted molar refractivity (Wildman–Crippen MR) is 108 cm³/mol. The number of hydrogen-bond acceptors (Lipinski definition) is 5. The number of benzene rings is 2. The maximum atomic E-state index is 11.3. The summed E-state index contributed by atoms with van der Waals surface area (Å²) >= 11 is 0. The van der Waals surface area contributed by atoms with Crippen molar-refractivity contribution in [2.75, 3.05) is 44.2 Å². The molecule has 2 aromatic rings. The molecule has 1 saturated heterocycles. The minimum Gasteiger partial charge on any atom is -0.491 e. The van der Waals surface area contributed by atoms with Gasteiger partial charge >= 0.3 is 0 Å². The van der Waals surface area contributed by atoms with E-state index in [9.17, 15) is 9.90 Å². The number of aliphatic hydroxyl groups is 1. The van der Waals surface area contributed by atoms with Gasteiger partial charge in [0.15, 0.2) is 5.78 Å². The van der Waals surface area contributed by atoms with Gasteiger partial charge in [-0.15, -0.1) is 0 Å². The lowest BCUT2D eigenvalue weighted by Crippen LogP contribution is -2.49. The van der Waals surface area contributed by atoms with E-state index < -0.39 is 6.10 Å². The first-order valence-corrected chi connectivity index (χ1v) is 9.47. The zero-order chi connectivity index (χ0) is 19.2. The van der Waals surface area contributed by atoms with Crippen molar-refractivity contribution in [3.63, 3.8) is 0 Å². The van der Waals surface area contributed by atoms with Gasteiger partial charge in [-0.3, -0.25) is 9.69 Å². The maximum Gasteiger partial charge on any atom is 0.159 e. The van der Waals surface area contributed by atoms with E-state index in [0.717, 1.165) is 26.2 Å². The summed E-state index contributed by atoms with van der Waals surface area (Å²) in [6, 6.07) is 15.6. The third kappa shape index (κ3) is 5.55. The van der Waals surface area contributed by atoms with Crippen molar-refractivity contribution >= 4 is 11.5 Å². The van der Waals surface area contributed by atoms with Crippen LogP contribution in [0.1, 0.15) is 22.8 Å². The van der Waals surface area contributed by atoms with Gasteiger partial charge in [0.2, 0.25) is 0 Å². The number of aryl methyl sites for hydroxylation is 1. The van der Waals surface area contributed by atoms with E-state index in [1.165, 1.54) is 11.3 Å². The lowest BCUT2D eigenvalue weighted by molar-refractivity contribution is 0.0663. The molecule has 0 amide bonds. The van der Waals surface area contributed by atoms with Crippen LogP contribution in [0.3, 0.4) is 0 Å². The third-order valence-electron chi connectivity index (χ3n) is 4.91. The standard InChI is InChI=1S/C22H28N2O3/c1-17-4-3-5-20(14-17)24-12-10-23(11-13-24)15-21(26)16-27-22-8-6-19(7-9-22)18(2)25/h3-9,14,21,26H,10-13,15-16H2,1-2H3/t21-/m0/s1. The molecule has 0 bridgehead atoms.